The fourth-order valence-corrected chi connectivity index (χ4v) is 1.57. The van der Waals surface area contributed by atoms with E-state index in [0.717, 1.165) is 18.4 Å². The lowest BCUT2D eigenvalue weighted by atomic mass is 10.1. The fraction of sp³-hybridized carbons (Fsp3) is 0.462. The first-order chi connectivity index (χ1) is 8.08. The lowest BCUT2D eigenvalue weighted by Gasteiger charge is -2.13. The van der Waals surface area contributed by atoms with Crippen molar-refractivity contribution in [3.8, 4) is 5.75 Å². The Morgan fingerprint density at radius 3 is 2.76 bits per heavy atom. The van der Waals surface area contributed by atoms with E-state index in [0.29, 0.717) is 12.1 Å². The number of carbonyl (C=O) groups excluding carboxylic acids is 1. The molecule has 1 atom stereocenters. The molecule has 17 heavy (non-hydrogen) atoms. The van der Waals surface area contributed by atoms with Crippen molar-refractivity contribution >= 4 is 11.6 Å². The third kappa shape index (κ3) is 3.75. The van der Waals surface area contributed by atoms with E-state index in [9.17, 15) is 9.90 Å². The molecule has 0 fully saturated rings. The van der Waals surface area contributed by atoms with Gasteiger partial charge < -0.3 is 16.2 Å². The molecule has 4 nitrogen and oxygen atoms in total. The second-order valence-corrected chi connectivity index (χ2v) is 4.09. The summed E-state index contributed by atoms with van der Waals surface area (Å²) in [7, 11) is 0. The third-order valence-electron chi connectivity index (χ3n) is 2.66. The molecule has 94 valence electrons. The Morgan fingerprint density at radius 1 is 1.47 bits per heavy atom. The van der Waals surface area contributed by atoms with Gasteiger partial charge in [0.25, 0.3) is 0 Å². The van der Waals surface area contributed by atoms with Crippen molar-refractivity contribution in [2.75, 3.05) is 5.32 Å². The van der Waals surface area contributed by atoms with Crippen molar-refractivity contribution < 1.29 is 9.90 Å². The SMILES string of the molecule is CCC[C@@H](N)C(=O)Nc1cc(CC)ccc1O. The van der Waals surface area contributed by atoms with E-state index in [4.69, 9.17) is 5.73 Å². The Morgan fingerprint density at radius 2 is 2.18 bits per heavy atom. The molecule has 0 aromatic heterocycles. The van der Waals surface area contributed by atoms with Crippen LogP contribution in [0.25, 0.3) is 0 Å². The highest BCUT2D eigenvalue weighted by Gasteiger charge is 2.14. The van der Waals surface area contributed by atoms with Crippen molar-refractivity contribution in [3.63, 3.8) is 0 Å². The molecule has 0 saturated heterocycles. The molecule has 0 saturated carbocycles. The molecule has 0 unspecified atom stereocenters. The number of aryl methyl sites for hydroxylation is 1. The number of anilines is 1. The average Bonchev–Trinajstić information content (AvgIpc) is 2.32. The zero-order chi connectivity index (χ0) is 12.8. The van der Waals surface area contributed by atoms with Gasteiger partial charge in [-0.05, 0) is 30.5 Å². The molecule has 0 aliphatic rings. The van der Waals surface area contributed by atoms with E-state index >= 15 is 0 Å². The summed E-state index contributed by atoms with van der Waals surface area (Å²) in [5.74, 6) is -0.186. The summed E-state index contributed by atoms with van der Waals surface area (Å²) in [6.45, 7) is 3.99. The molecule has 0 bridgehead atoms. The Bertz CT molecular complexity index is 391. The Balaban J connectivity index is 2.76. The number of hydrogen-bond acceptors (Lipinski definition) is 3. The molecule has 0 aliphatic carbocycles. The smallest absolute Gasteiger partial charge is 0.241 e. The number of nitrogens with two attached hydrogens (primary N) is 1. The zero-order valence-electron chi connectivity index (χ0n) is 10.4. The van der Waals surface area contributed by atoms with Crippen LogP contribution in [0.3, 0.4) is 0 Å². The van der Waals surface area contributed by atoms with E-state index < -0.39 is 6.04 Å². The van der Waals surface area contributed by atoms with Gasteiger partial charge in [-0.15, -0.1) is 0 Å². The van der Waals surface area contributed by atoms with E-state index in [-0.39, 0.29) is 11.7 Å². The van der Waals surface area contributed by atoms with Crippen molar-refractivity contribution in [3.05, 3.63) is 23.8 Å². The number of benzene rings is 1. The fourth-order valence-electron chi connectivity index (χ4n) is 1.57. The Labute approximate surface area is 102 Å². The second-order valence-electron chi connectivity index (χ2n) is 4.09. The van der Waals surface area contributed by atoms with Gasteiger partial charge in [-0.1, -0.05) is 26.3 Å². The van der Waals surface area contributed by atoms with Gasteiger partial charge in [0.2, 0.25) is 5.91 Å². The van der Waals surface area contributed by atoms with Gasteiger partial charge in [0.05, 0.1) is 11.7 Å². The van der Waals surface area contributed by atoms with Crippen LogP contribution in [0.2, 0.25) is 0 Å². The molecule has 1 amide bonds. The molecule has 0 heterocycles. The maximum Gasteiger partial charge on any atom is 0.241 e. The van der Waals surface area contributed by atoms with Crippen molar-refractivity contribution in [2.45, 2.75) is 39.2 Å². The van der Waals surface area contributed by atoms with Crippen LogP contribution >= 0.6 is 0 Å². The number of phenolic OH excluding ortho intramolecular Hbond substituents is 1. The molecule has 0 radical (unpaired) electrons. The number of nitrogens with one attached hydrogen (secondary N) is 1. The third-order valence-corrected chi connectivity index (χ3v) is 2.66. The minimum atomic E-state index is -0.523. The van der Waals surface area contributed by atoms with Crippen molar-refractivity contribution in [1.29, 1.82) is 0 Å². The lowest BCUT2D eigenvalue weighted by molar-refractivity contribution is -0.117. The monoisotopic (exact) mass is 236 g/mol. The summed E-state index contributed by atoms with van der Waals surface area (Å²) in [5, 5.41) is 12.3. The Hall–Kier alpha value is -1.55. The average molecular weight is 236 g/mol. The predicted octanol–water partition coefficient (Wildman–Crippen LogP) is 2.02. The number of aromatic hydroxyl groups is 1. The van der Waals surface area contributed by atoms with Gasteiger partial charge in [-0.25, -0.2) is 0 Å². The molecular formula is C13H20N2O2. The van der Waals surface area contributed by atoms with E-state index in [1.807, 2.05) is 19.9 Å². The quantitative estimate of drug-likeness (QED) is 0.685. The van der Waals surface area contributed by atoms with E-state index in [2.05, 4.69) is 5.32 Å². The van der Waals surface area contributed by atoms with Crippen LogP contribution in [0.4, 0.5) is 5.69 Å². The van der Waals surface area contributed by atoms with Gasteiger partial charge >= 0.3 is 0 Å². The molecule has 1 rings (SSSR count). The molecule has 1 aromatic carbocycles. The lowest BCUT2D eigenvalue weighted by Crippen LogP contribution is -2.35. The molecule has 4 N–H and O–H groups in total. The highest BCUT2D eigenvalue weighted by atomic mass is 16.3. The summed E-state index contributed by atoms with van der Waals surface area (Å²) in [4.78, 5) is 11.7. The summed E-state index contributed by atoms with van der Waals surface area (Å²) in [6, 6.07) is 4.66. The first-order valence-corrected chi connectivity index (χ1v) is 5.96. The molecule has 4 heteroatoms. The maximum atomic E-state index is 11.7. The van der Waals surface area contributed by atoms with Gasteiger partial charge in [0.15, 0.2) is 0 Å². The summed E-state index contributed by atoms with van der Waals surface area (Å²) in [6.07, 6.45) is 2.35. The predicted molar refractivity (Wildman–Crippen MR) is 69.0 cm³/mol. The van der Waals surface area contributed by atoms with Crippen molar-refractivity contribution in [2.24, 2.45) is 5.73 Å². The molecule has 0 spiro atoms. The van der Waals surface area contributed by atoms with Crippen molar-refractivity contribution in [1.82, 2.24) is 0 Å². The van der Waals surface area contributed by atoms with Crippen LogP contribution < -0.4 is 11.1 Å². The molecule has 1 aromatic rings. The van der Waals surface area contributed by atoms with Crippen LogP contribution in [0, 0.1) is 0 Å². The first-order valence-electron chi connectivity index (χ1n) is 5.96. The number of amides is 1. The minimum Gasteiger partial charge on any atom is -0.506 e. The van der Waals surface area contributed by atoms with Crippen LogP contribution in [-0.2, 0) is 11.2 Å². The van der Waals surface area contributed by atoms with E-state index in [1.165, 1.54) is 0 Å². The number of phenols is 1. The summed E-state index contributed by atoms with van der Waals surface area (Å²) in [5.41, 5.74) is 7.19. The Kier molecular flexibility index (Phi) is 4.97. The highest BCUT2D eigenvalue weighted by Crippen LogP contribution is 2.24. The number of carbonyl (C=O) groups is 1. The van der Waals surface area contributed by atoms with Gasteiger partial charge in [-0.2, -0.15) is 0 Å². The minimum absolute atomic E-state index is 0.0687. The molecule has 0 aliphatic heterocycles. The standard InChI is InChI=1S/C13H20N2O2/c1-3-5-10(14)13(17)15-11-8-9(4-2)6-7-12(11)16/h6-8,10,16H,3-5,14H2,1-2H3,(H,15,17)/t10-/m1/s1. The first kappa shape index (κ1) is 13.5. The van der Waals surface area contributed by atoms with Gasteiger partial charge in [-0.3, -0.25) is 4.79 Å². The maximum absolute atomic E-state index is 11.7. The summed E-state index contributed by atoms with van der Waals surface area (Å²) >= 11 is 0. The summed E-state index contributed by atoms with van der Waals surface area (Å²) < 4.78 is 0. The second kappa shape index (κ2) is 6.25. The van der Waals surface area contributed by atoms with Crippen LogP contribution in [0.15, 0.2) is 18.2 Å². The van der Waals surface area contributed by atoms with E-state index in [1.54, 1.807) is 12.1 Å². The zero-order valence-corrected chi connectivity index (χ0v) is 10.4. The van der Waals surface area contributed by atoms with Gasteiger partial charge in [0, 0.05) is 0 Å². The van der Waals surface area contributed by atoms with Crippen LogP contribution in [0.1, 0.15) is 32.3 Å². The van der Waals surface area contributed by atoms with Gasteiger partial charge in [0.1, 0.15) is 5.75 Å². The largest absolute Gasteiger partial charge is 0.506 e. The molecular weight excluding hydrogens is 216 g/mol. The normalized spacial score (nSPS) is 12.2. The number of rotatable bonds is 5. The van der Waals surface area contributed by atoms with Crippen LogP contribution in [-0.4, -0.2) is 17.1 Å². The number of hydrogen-bond donors (Lipinski definition) is 3. The highest BCUT2D eigenvalue weighted by molar-refractivity contribution is 5.95. The topological polar surface area (TPSA) is 75.4 Å². The van der Waals surface area contributed by atoms with Crippen LogP contribution in [0.5, 0.6) is 5.75 Å².